The van der Waals surface area contributed by atoms with E-state index in [1.807, 2.05) is 44.2 Å². The van der Waals surface area contributed by atoms with Crippen LogP contribution in [0.4, 0.5) is 0 Å². The van der Waals surface area contributed by atoms with Gasteiger partial charge < -0.3 is 10.1 Å². The molecule has 0 aromatic heterocycles. The molecule has 1 amide bonds. The van der Waals surface area contributed by atoms with Crippen LogP contribution in [0.3, 0.4) is 0 Å². The van der Waals surface area contributed by atoms with Crippen molar-refractivity contribution in [2.45, 2.75) is 39.7 Å². The number of ketones is 1. The molecule has 18 heavy (non-hydrogen) atoms. The first-order valence-corrected chi connectivity index (χ1v) is 6.32. The van der Waals surface area contributed by atoms with Gasteiger partial charge in [0.25, 0.3) is 0 Å². The monoisotopic (exact) mass is 247 g/mol. The Hall–Kier alpha value is -1.64. The molecule has 98 valence electrons. The molecule has 0 saturated carbocycles. The van der Waals surface area contributed by atoms with E-state index in [9.17, 15) is 9.59 Å². The highest BCUT2D eigenvalue weighted by molar-refractivity contribution is 5.79. The van der Waals surface area contributed by atoms with Gasteiger partial charge in [-0.1, -0.05) is 37.3 Å². The second kappa shape index (κ2) is 6.94. The topological polar surface area (TPSA) is 46.2 Å². The number of carbonyl (C=O) groups excluding carboxylic acids is 2. The molecule has 0 fully saturated rings. The number of Topliss-reactive ketones (excluding diaryl/α,β-unsaturated/α-hetero) is 1. The molecule has 1 unspecified atom stereocenters. The average molecular weight is 247 g/mol. The van der Waals surface area contributed by atoms with Crippen molar-refractivity contribution in [1.29, 1.82) is 0 Å². The summed E-state index contributed by atoms with van der Waals surface area (Å²) in [5.41, 5.74) is 1.09. The van der Waals surface area contributed by atoms with Crippen LogP contribution in [0, 0.1) is 5.92 Å². The molecule has 1 rings (SSSR count). The van der Waals surface area contributed by atoms with Crippen LogP contribution >= 0.6 is 0 Å². The molecule has 0 saturated heterocycles. The Bertz CT molecular complexity index is 400. The van der Waals surface area contributed by atoms with Crippen molar-refractivity contribution in [3.8, 4) is 0 Å². The van der Waals surface area contributed by atoms with E-state index in [2.05, 4.69) is 5.32 Å². The van der Waals surface area contributed by atoms with Crippen LogP contribution in [0.1, 0.15) is 45.2 Å². The minimum Gasteiger partial charge on any atom is -0.350 e. The highest BCUT2D eigenvalue weighted by Crippen LogP contribution is 2.13. The van der Waals surface area contributed by atoms with Crippen LogP contribution < -0.4 is 5.32 Å². The van der Waals surface area contributed by atoms with Gasteiger partial charge in [-0.15, -0.1) is 0 Å². The van der Waals surface area contributed by atoms with Crippen molar-refractivity contribution < 1.29 is 9.59 Å². The third-order valence-corrected chi connectivity index (χ3v) is 2.85. The van der Waals surface area contributed by atoms with E-state index >= 15 is 0 Å². The van der Waals surface area contributed by atoms with Crippen molar-refractivity contribution in [2.75, 3.05) is 0 Å². The number of carbonyl (C=O) groups is 2. The van der Waals surface area contributed by atoms with E-state index in [0.717, 1.165) is 5.56 Å². The van der Waals surface area contributed by atoms with Gasteiger partial charge in [-0.25, -0.2) is 0 Å². The molecular weight excluding hydrogens is 226 g/mol. The van der Waals surface area contributed by atoms with Gasteiger partial charge in [-0.2, -0.15) is 0 Å². The summed E-state index contributed by atoms with van der Waals surface area (Å²) in [6, 6.07) is 9.84. The zero-order valence-electron chi connectivity index (χ0n) is 11.3. The molecule has 0 spiro atoms. The summed E-state index contributed by atoms with van der Waals surface area (Å²) in [6.45, 7) is 5.44. The summed E-state index contributed by atoms with van der Waals surface area (Å²) in [4.78, 5) is 22.7. The van der Waals surface area contributed by atoms with Crippen molar-refractivity contribution in [3.05, 3.63) is 35.9 Å². The van der Waals surface area contributed by atoms with Crippen LogP contribution in [0.2, 0.25) is 0 Å². The number of hydrogen-bond donors (Lipinski definition) is 1. The van der Waals surface area contributed by atoms with Gasteiger partial charge in [0.2, 0.25) is 5.91 Å². The van der Waals surface area contributed by atoms with Crippen LogP contribution in [-0.2, 0) is 9.59 Å². The molecule has 0 aliphatic carbocycles. The van der Waals surface area contributed by atoms with E-state index in [1.54, 1.807) is 6.92 Å². The smallest absolute Gasteiger partial charge is 0.220 e. The Kier molecular flexibility index (Phi) is 5.56. The molecule has 0 aliphatic heterocycles. The molecule has 0 aliphatic rings. The third kappa shape index (κ3) is 5.13. The fourth-order valence-electron chi connectivity index (χ4n) is 2.00. The Morgan fingerprint density at radius 2 is 1.72 bits per heavy atom. The third-order valence-electron chi connectivity index (χ3n) is 2.85. The van der Waals surface area contributed by atoms with Gasteiger partial charge in [0, 0.05) is 12.8 Å². The van der Waals surface area contributed by atoms with Crippen LogP contribution in [0.15, 0.2) is 30.3 Å². The Labute approximate surface area is 109 Å². The molecule has 0 bridgehead atoms. The quantitative estimate of drug-likeness (QED) is 0.840. The predicted molar refractivity (Wildman–Crippen MR) is 72.1 cm³/mol. The summed E-state index contributed by atoms with van der Waals surface area (Å²) in [7, 11) is 0. The van der Waals surface area contributed by atoms with Gasteiger partial charge >= 0.3 is 0 Å². The van der Waals surface area contributed by atoms with E-state index in [1.165, 1.54) is 0 Å². The highest BCUT2D eigenvalue weighted by atomic mass is 16.1. The lowest BCUT2D eigenvalue weighted by Crippen LogP contribution is -2.28. The second-order valence-corrected chi connectivity index (χ2v) is 4.92. The number of hydrogen-bond acceptors (Lipinski definition) is 2. The van der Waals surface area contributed by atoms with Crippen molar-refractivity contribution in [1.82, 2.24) is 5.32 Å². The zero-order valence-corrected chi connectivity index (χ0v) is 11.3. The minimum absolute atomic E-state index is 0.0000954. The number of rotatable bonds is 6. The fraction of sp³-hybridized carbons (Fsp3) is 0.467. The Balaban J connectivity index is 2.43. The summed E-state index contributed by atoms with van der Waals surface area (Å²) in [6.07, 6.45) is 0.865. The van der Waals surface area contributed by atoms with Gasteiger partial charge in [-0.3, -0.25) is 4.79 Å². The zero-order chi connectivity index (χ0) is 13.5. The SMILES string of the molecule is CC(=O)C[C@H](C)CC(=O)NC(C)c1ccccc1. The van der Waals surface area contributed by atoms with Gasteiger partial charge in [0.1, 0.15) is 5.78 Å². The normalized spacial score (nSPS) is 13.7. The Morgan fingerprint density at radius 3 is 2.28 bits per heavy atom. The van der Waals surface area contributed by atoms with E-state index in [-0.39, 0.29) is 23.7 Å². The maximum Gasteiger partial charge on any atom is 0.220 e. The lowest BCUT2D eigenvalue weighted by Gasteiger charge is -2.16. The molecule has 0 heterocycles. The first kappa shape index (κ1) is 14.4. The largest absolute Gasteiger partial charge is 0.350 e. The fourth-order valence-corrected chi connectivity index (χ4v) is 2.00. The highest BCUT2D eigenvalue weighted by Gasteiger charge is 2.13. The molecule has 2 atom stereocenters. The maximum atomic E-state index is 11.8. The van der Waals surface area contributed by atoms with Crippen molar-refractivity contribution >= 4 is 11.7 Å². The number of amides is 1. The lowest BCUT2D eigenvalue weighted by molar-refractivity contribution is -0.123. The molecular formula is C15H21NO2. The summed E-state index contributed by atoms with van der Waals surface area (Å²) < 4.78 is 0. The number of nitrogens with one attached hydrogen (secondary N) is 1. The maximum absolute atomic E-state index is 11.8. The van der Waals surface area contributed by atoms with Gasteiger partial charge in [0.05, 0.1) is 6.04 Å². The summed E-state index contributed by atoms with van der Waals surface area (Å²) in [5.74, 6) is 0.233. The summed E-state index contributed by atoms with van der Waals surface area (Å²) in [5, 5.41) is 2.95. The van der Waals surface area contributed by atoms with Crippen molar-refractivity contribution in [2.24, 2.45) is 5.92 Å². The lowest BCUT2D eigenvalue weighted by atomic mass is 10.0. The molecule has 1 aromatic carbocycles. The first-order chi connectivity index (χ1) is 8.49. The molecule has 3 heteroatoms. The van der Waals surface area contributed by atoms with Gasteiger partial charge in [-0.05, 0) is 25.3 Å². The van der Waals surface area contributed by atoms with Crippen LogP contribution in [-0.4, -0.2) is 11.7 Å². The molecule has 1 N–H and O–H groups in total. The van der Waals surface area contributed by atoms with Crippen molar-refractivity contribution in [3.63, 3.8) is 0 Å². The first-order valence-electron chi connectivity index (χ1n) is 6.32. The minimum atomic E-state index is 0.0000954. The van der Waals surface area contributed by atoms with Crippen LogP contribution in [0.25, 0.3) is 0 Å². The molecule has 0 radical (unpaired) electrons. The van der Waals surface area contributed by atoms with E-state index in [4.69, 9.17) is 0 Å². The van der Waals surface area contributed by atoms with Crippen LogP contribution in [0.5, 0.6) is 0 Å². The average Bonchev–Trinajstić information content (AvgIpc) is 2.28. The van der Waals surface area contributed by atoms with E-state index < -0.39 is 0 Å². The second-order valence-electron chi connectivity index (χ2n) is 4.92. The standard InChI is InChI=1S/C15H21NO2/c1-11(9-12(2)17)10-15(18)16-13(3)14-7-5-4-6-8-14/h4-8,11,13H,9-10H2,1-3H3,(H,16,18)/t11-,13?/m0/s1. The number of benzene rings is 1. The molecule has 1 aromatic rings. The summed E-state index contributed by atoms with van der Waals surface area (Å²) >= 11 is 0. The molecule has 3 nitrogen and oxygen atoms in total. The predicted octanol–water partition coefficient (Wildman–Crippen LogP) is 2.87. The van der Waals surface area contributed by atoms with E-state index in [0.29, 0.717) is 12.8 Å². The Morgan fingerprint density at radius 1 is 1.11 bits per heavy atom. The van der Waals surface area contributed by atoms with Gasteiger partial charge in [0.15, 0.2) is 0 Å².